The average molecular weight is 535 g/mol. The number of ether oxygens (including phenoxy) is 2. The molecule has 2 amide bonds. The molecule has 0 unspecified atom stereocenters. The van der Waals surface area contributed by atoms with Crippen LogP contribution in [0.25, 0.3) is 10.9 Å². The van der Waals surface area contributed by atoms with E-state index in [0.29, 0.717) is 30.9 Å². The van der Waals surface area contributed by atoms with Crippen LogP contribution >= 0.6 is 0 Å². The summed E-state index contributed by atoms with van der Waals surface area (Å²) in [5.41, 5.74) is 3.97. The second-order valence-electron chi connectivity index (χ2n) is 10.2. The minimum absolute atomic E-state index is 0.229. The monoisotopic (exact) mass is 534 g/mol. The summed E-state index contributed by atoms with van der Waals surface area (Å²) in [5.74, 6) is -1.44. The smallest absolute Gasteiger partial charge is 0.325 e. The Balaban J connectivity index is 1.44. The molecule has 0 bridgehead atoms. The molecule has 1 aliphatic heterocycles. The van der Waals surface area contributed by atoms with Gasteiger partial charge < -0.3 is 14.8 Å². The quantitative estimate of drug-likeness (QED) is 0.229. The molecule has 0 spiro atoms. The maximum Gasteiger partial charge on any atom is 0.325 e. The number of nitrogens with zero attached hydrogens (tertiary/aromatic N) is 2. The Bertz CT molecular complexity index is 1360. The number of hydroxylamine groups is 1. The van der Waals surface area contributed by atoms with Gasteiger partial charge in [0.05, 0.1) is 24.6 Å². The zero-order valence-electron chi connectivity index (χ0n) is 22.6. The minimum Gasteiger partial charge on any atom is -0.489 e. The van der Waals surface area contributed by atoms with Gasteiger partial charge in [0.15, 0.2) is 0 Å². The van der Waals surface area contributed by atoms with E-state index in [1.54, 1.807) is 43.6 Å². The van der Waals surface area contributed by atoms with Crippen LogP contribution in [0, 0.1) is 12.8 Å². The highest BCUT2D eigenvalue weighted by atomic mass is 16.5. The van der Waals surface area contributed by atoms with E-state index < -0.39 is 29.4 Å². The normalized spacial score (nSPS) is 17.9. The summed E-state index contributed by atoms with van der Waals surface area (Å²) in [4.78, 5) is 44.2. The number of rotatable bonds is 8. The molecule has 2 atom stereocenters. The Kier molecular flexibility index (Phi) is 8.47. The molecule has 0 saturated carbocycles. The molecule has 2 aromatic carbocycles. The van der Waals surface area contributed by atoms with Crippen LogP contribution in [0.4, 0.5) is 0 Å². The first-order valence-corrected chi connectivity index (χ1v) is 12.8. The van der Waals surface area contributed by atoms with Crippen LogP contribution < -0.4 is 15.5 Å². The van der Waals surface area contributed by atoms with Gasteiger partial charge in [0.2, 0.25) is 5.91 Å². The Morgan fingerprint density at radius 3 is 2.54 bits per heavy atom. The number of methoxy groups -OCH3 is 1. The molecule has 1 fully saturated rings. The van der Waals surface area contributed by atoms with E-state index in [-0.39, 0.29) is 12.5 Å². The van der Waals surface area contributed by atoms with Crippen LogP contribution in [0.3, 0.4) is 0 Å². The Labute approximate surface area is 227 Å². The molecule has 1 aliphatic rings. The van der Waals surface area contributed by atoms with E-state index in [1.165, 1.54) is 7.11 Å². The fourth-order valence-corrected chi connectivity index (χ4v) is 5.01. The van der Waals surface area contributed by atoms with Crippen molar-refractivity contribution in [3.8, 4) is 5.75 Å². The minimum atomic E-state index is -0.948. The van der Waals surface area contributed by atoms with Gasteiger partial charge in [-0.15, -0.1) is 0 Å². The fraction of sp³-hybridized carbons (Fsp3) is 0.379. The first kappa shape index (κ1) is 28.0. The van der Waals surface area contributed by atoms with Crippen LogP contribution in [0.15, 0.2) is 54.6 Å². The van der Waals surface area contributed by atoms with Gasteiger partial charge in [-0.25, -0.2) is 5.48 Å². The second-order valence-corrected chi connectivity index (χ2v) is 10.2. The topological polar surface area (TPSA) is 130 Å². The van der Waals surface area contributed by atoms with Gasteiger partial charge in [0, 0.05) is 35.3 Å². The number of amides is 2. The molecule has 1 saturated heterocycles. The molecule has 0 radical (unpaired) electrons. The molecule has 4 rings (SSSR count). The molecule has 39 heavy (non-hydrogen) atoms. The first-order chi connectivity index (χ1) is 18.6. The van der Waals surface area contributed by atoms with Gasteiger partial charge in [-0.2, -0.15) is 0 Å². The number of esters is 1. The van der Waals surface area contributed by atoms with Crippen molar-refractivity contribution in [2.45, 2.75) is 45.4 Å². The summed E-state index contributed by atoms with van der Waals surface area (Å²) in [6.07, 6.45) is 0.341. The first-order valence-electron chi connectivity index (χ1n) is 12.8. The largest absolute Gasteiger partial charge is 0.489 e. The number of likely N-dealkylation sites (tertiary alicyclic amines) is 1. The molecule has 2 heterocycles. The van der Waals surface area contributed by atoms with Crippen LogP contribution in [-0.2, 0) is 20.9 Å². The lowest BCUT2D eigenvalue weighted by molar-refractivity contribution is -0.155. The molecule has 0 aliphatic carbocycles. The number of hydrogen-bond donors (Lipinski definition) is 3. The molecule has 1 aromatic heterocycles. The highest BCUT2D eigenvalue weighted by Gasteiger charge is 2.43. The highest BCUT2D eigenvalue weighted by Crippen LogP contribution is 2.26. The summed E-state index contributed by atoms with van der Waals surface area (Å²) in [6, 6.07) is 16.0. The van der Waals surface area contributed by atoms with Crippen molar-refractivity contribution in [3.63, 3.8) is 0 Å². The molecule has 10 heteroatoms. The SMILES string of the molecule is COC(=O)C(C)(C)N1CC[C@H](C(=O)NO)[C@H](NC(=O)c2ccc(OCc3cc(C)nc4ccccc34)cc2)C1. The Morgan fingerprint density at radius 2 is 1.85 bits per heavy atom. The van der Waals surface area contributed by atoms with E-state index in [9.17, 15) is 19.6 Å². The third kappa shape index (κ3) is 6.18. The number of piperidine rings is 1. The Morgan fingerprint density at radius 1 is 1.13 bits per heavy atom. The van der Waals surface area contributed by atoms with Crippen molar-refractivity contribution in [3.05, 3.63) is 71.4 Å². The third-order valence-electron chi connectivity index (χ3n) is 7.29. The number of nitrogens with one attached hydrogen (secondary N) is 2. The maximum absolute atomic E-state index is 13.1. The lowest BCUT2D eigenvalue weighted by Gasteiger charge is -2.44. The molecule has 206 valence electrons. The summed E-state index contributed by atoms with van der Waals surface area (Å²) < 4.78 is 10.9. The molecule has 3 aromatic rings. The molecule has 3 N–H and O–H groups in total. The van der Waals surface area contributed by atoms with E-state index in [4.69, 9.17) is 9.47 Å². The summed E-state index contributed by atoms with van der Waals surface area (Å²) in [6.45, 7) is 6.41. The molecular weight excluding hydrogens is 500 g/mol. The van der Waals surface area contributed by atoms with Crippen LogP contribution in [-0.4, -0.2) is 64.7 Å². The number of aromatic nitrogens is 1. The third-order valence-corrected chi connectivity index (χ3v) is 7.29. The van der Waals surface area contributed by atoms with Gasteiger partial charge >= 0.3 is 5.97 Å². The summed E-state index contributed by atoms with van der Waals surface area (Å²) >= 11 is 0. The zero-order valence-corrected chi connectivity index (χ0v) is 22.6. The van der Waals surface area contributed by atoms with E-state index >= 15 is 0 Å². The second kappa shape index (κ2) is 11.8. The number of benzene rings is 2. The molecular formula is C29H34N4O6. The van der Waals surface area contributed by atoms with Crippen molar-refractivity contribution >= 4 is 28.7 Å². The number of pyridine rings is 1. The number of carbonyl (C=O) groups excluding carboxylic acids is 3. The maximum atomic E-state index is 13.1. The molecule has 10 nitrogen and oxygen atoms in total. The lowest BCUT2D eigenvalue weighted by Crippen LogP contribution is -2.62. The van der Waals surface area contributed by atoms with Crippen molar-refractivity contribution in [2.24, 2.45) is 5.92 Å². The number of hydrogen-bond acceptors (Lipinski definition) is 8. The van der Waals surface area contributed by atoms with Gasteiger partial charge in [-0.3, -0.25) is 29.5 Å². The van der Waals surface area contributed by atoms with Gasteiger partial charge in [-0.05, 0) is 63.6 Å². The number of fused-ring (bicyclic) bond motifs is 1. The predicted octanol–water partition coefficient (Wildman–Crippen LogP) is 3.00. The van der Waals surface area contributed by atoms with E-state index in [1.807, 2.05) is 42.2 Å². The van der Waals surface area contributed by atoms with E-state index in [2.05, 4.69) is 10.3 Å². The Hall–Kier alpha value is -4.02. The van der Waals surface area contributed by atoms with Crippen LogP contribution in [0.1, 0.15) is 41.9 Å². The zero-order chi connectivity index (χ0) is 28.2. The van der Waals surface area contributed by atoms with Crippen molar-refractivity contribution in [1.82, 2.24) is 20.7 Å². The predicted molar refractivity (Wildman–Crippen MR) is 144 cm³/mol. The number of aryl methyl sites for hydroxylation is 1. The van der Waals surface area contributed by atoms with Crippen LogP contribution in [0.5, 0.6) is 5.75 Å². The van der Waals surface area contributed by atoms with Gasteiger partial charge in [0.1, 0.15) is 17.9 Å². The van der Waals surface area contributed by atoms with Gasteiger partial charge in [0.25, 0.3) is 5.91 Å². The van der Waals surface area contributed by atoms with Crippen molar-refractivity contribution in [2.75, 3.05) is 20.2 Å². The standard InChI is InChI=1S/C29H34N4O6/c1-18-15-20(22-7-5-6-8-24(22)30-18)17-39-21-11-9-19(10-12-21)26(34)31-25-16-33(29(2,3)28(36)38-4)14-13-23(25)27(35)32-37/h5-12,15,23,25,37H,13-14,16-17H2,1-4H3,(H,31,34)(H,32,35)/t23-,25+/m0/s1. The summed E-state index contributed by atoms with van der Waals surface area (Å²) in [7, 11) is 1.32. The number of carbonyl (C=O) groups is 3. The van der Waals surface area contributed by atoms with Crippen molar-refractivity contribution in [1.29, 1.82) is 0 Å². The van der Waals surface area contributed by atoms with Gasteiger partial charge in [-0.1, -0.05) is 18.2 Å². The van der Waals surface area contributed by atoms with Crippen molar-refractivity contribution < 1.29 is 29.1 Å². The fourth-order valence-electron chi connectivity index (χ4n) is 5.01. The number of para-hydroxylation sites is 1. The highest BCUT2D eigenvalue weighted by molar-refractivity contribution is 5.95. The van der Waals surface area contributed by atoms with Crippen LogP contribution in [0.2, 0.25) is 0 Å². The van der Waals surface area contributed by atoms with E-state index in [0.717, 1.165) is 22.2 Å². The lowest BCUT2D eigenvalue weighted by atomic mass is 9.87. The average Bonchev–Trinajstić information content (AvgIpc) is 2.95. The summed E-state index contributed by atoms with van der Waals surface area (Å²) in [5, 5.41) is 13.2.